The number of hydrogen-bond acceptors (Lipinski definition) is 4. The molecule has 2 unspecified atom stereocenters. The van der Waals surface area contributed by atoms with Crippen molar-refractivity contribution in [3.63, 3.8) is 0 Å². The van der Waals surface area contributed by atoms with Crippen molar-refractivity contribution in [3.8, 4) is 6.07 Å². The van der Waals surface area contributed by atoms with E-state index < -0.39 is 11.2 Å². The van der Waals surface area contributed by atoms with Crippen LogP contribution in [0.5, 0.6) is 0 Å². The fourth-order valence-corrected chi connectivity index (χ4v) is 4.36. The van der Waals surface area contributed by atoms with Gasteiger partial charge in [-0.15, -0.1) is 0 Å². The molecule has 5 nitrogen and oxygen atoms in total. The van der Waals surface area contributed by atoms with E-state index in [1.54, 1.807) is 12.1 Å². The molecule has 2 atom stereocenters. The average molecular weight is 356 g/mol. The van der Waals surface area contributed by atoms with Gasteiger partial charge in [-0.05, 0) is 70.6 Å². The Morgan fingerprint density at radius 2 is 1.85 bits per heavy atom. The molecule has 2 heterocycles. The van der Waals surface area contributed by atoms with Gasteiger partial charge in [-0.1, -0.05) is 12.1 Å². The third-order valence-electron chi connectivity index (χ3n) is 5.31. The highest BCUT2D eigenvalue weighted by Gasteiger charge is 2.48. The zero-order chi connectivity index (χ0) is 18.9. The van der Waals surface area contributed by atoms with Crippen molar-refractivity contribution in [1.82, 2.24) is 4.90 Å². The van der Waals surface area contributed by atoms with Crippen molar-refractivity contribution >= 4 is 6.09 Å². The number of fused-ring (bicyclic) bond motifs is 2. The van der Waals surface area contributed by atoms with E-state index in [0.717, 1.165) is 24.8 Å². The number of nitriles is 1. The van der Waals surface area contributed by atoms with Gasteiger partial charge >= 0.3 is 6.09 Å². The van der Waals surface area contributed by atoms with Gasteiger partial charge in [-0.2, -0.15) is 5.26 Å². The molecule has 140 valence electrons. The number of aliphatic hydroxyl groups is 1. The molecule has 1 aromatic rings. The molecule has 26 heavy (non-hydrogen) atoms. The minimum atomic E-state index is -0.817. The lowest BCUT2D eigenvalue weighted by atomic mass is 9.73. The topological polar surface area (TPSA) is 73.6 Å². The molecule has 1 aromatic carbocycles. The predicted octanol–water partition coefficient (Wildman–Crippen LogP) is 3.78. The molecule has 2 aliphatic rings. The summed E-state index contributed by atoms with van der Waals surface area (Å²) in [6.07, 6.45) is 4.34. The van der Waals surface area contributed by atoms with Crippen LogP contribution in [0.15, 0.2) is 24.3 Å². The quantitative estimate of drug-likeness (QED) is 0.875. The summed E-state index contributed by atoms with van der Waals surface area (Å²) >= 11 is 0. The fourth-order valence-electron chi connectivity index (χ4n) is 4.36. The summed E-state index contributed by atoms with van der Waals surface area (Å²) in [5.74, 6) is 0. The summed E-state index contributed by atoms with van der Waals surface area (Å²) in [5.41, 5.74) is 0.317. The minimum Gasteiger partial charge on any atom is -0.444 e. The van der Waals surface area contributed by atoms with Crippen LogP contribution in [-0.4, -0.2) is 39.4 Å². The SMILES string of the molecule is CC(C)(C)OC(=O)N1C2CCCC1CC(O)(Cc1ccc(C#N)cc1)C2. The van der Waals surface area contributed by atoms with Crippen molar-refractivity contribution in [1.29, 1.82) is 5.26 Å². The molecule has 0 aromatic heterocycles. The Morgan fingerprint density at radius 1 is 1.27 bits per heavy atom. The summed E-state index contributed by atoms with van der Waals surface area (Å²) in [5, 5.41) is 20.2. The van der Waals surface area contributed by atoms with Gasteiger partial charge in [-0.25, -0.2) is 4.79 Å². The lowest BCUT2D eigenvalue weighted by Gasteiger charge is -2.51. The van der Waals surface area contributed by atoms with Crippen LogP contribution in [0.25, 0.3) is 0 Å². The standard InChI is InChI=1S/C21H28N2O3/c1-20(2,3)26-19(24)23-17-5-4-6-18(23)13-21(25,12-17)11-15-7-9-16(14-22)10-8-15/h7-10,17-18,25H,4-6,11-13H2,1-3H3. The fraction of sp³-hybridized carbons (Fsp3) is 0.619. The maximum atomic E-state index is 12.7. The van der Waals surface area contributed by atoms with Gasteiger partial charge in [0.25, 0.3) is 0 Å². The normalized spacial score (nSPS) is 28.3. The second kappa shape index (κ2) is 6.92. The third kappa shape index (κ3) is 4.19. The van der Waals surface area contributed by atoms with Crippen LogP contribution in [0.3, 0.4) is 0 Å². The average Bonchev–Trinajstić information content (AvgIpc) is 2.52. The van der Waals surface area contributed by atoms with E-state index in [0.29, 0.717) is 24.8 Å². The number of ether oxygens (including phenoxy) is 1. The Bertz CT molecular complexity index is 685. The first-order valence-corrected chi connectivity index (χ1v) is 9.42. The second-order valence-electron chi connectivity index (χ2n) is 8.74. The number of piperidine rings is 2. The maximum absolute atomic E-state index is 12.7. The molecule has 0 saturated carbocycles. The smallest absolute Gasteiger partial charge is 0.410 e. The van der Waals surface area contributed by atoms with E-state index in [2.05, 4.69) is 6.07 Å². The Kier molecular flexibility index (Phi) is 4.98. The molecule has 0 spiro atoms. The van der Waals surface area contributed by atoms with Gasteiger partial charge in [0.1, 0.15) is 5.60 Å². The number of hydrogen-bond donors (Lipinski definition) is 1. The third-order valence-corrected chi connectivity index (χ3v) is 5.31. The number of benzene rings is 1. The monoisotopic (exact) mass is 356 g/mol. The number of carbonyl (C=O) groups excluding carboxylic acids is 1. The number of nitrogens with zero attached hydrogens (tertiary/aromatic N) is 2. The Balaban J connectivity index is 1.73. The minimum absolute atomic E-state index is 0.0285. The van der Waals surface area contributed by atoms with Crippen LogP contribution in [0, 0.1) is 11.3 Å². The van der Waals surface area contributed by atoms with Crippen LogP contribution < -0.4 is 0 Å². The summed E-state index contributed by atoms with van der Waals surface area (Å²) in [6.45, 7) is 5.64. The molecule has 2 saturated heterocycles. The molecule has 2 fully saturated rings. The molecule has 5 heteroatoms. The van der Waals surface area contributed by atoms with E-state index in [1.165, 1.54) is 0 Å². The van der Waals surface area contributed by atoms with Crippen LogP contribution in [0.4, 0.5) is 4.79 Å². The molecule has 3 rings (SSSR count). The lowest BCUT2D eigenvalue weighted by molar-refractivity contribution is -0.0919. The molecular weight excluding hydrogens is 328 g/mol. The van der Waals surface area contributed by atoms with Crippen molar-refractivity contribution < 1.29 is 14.6 Å². The van der Waals surface area contributed by atoms with Crippen molar-refractivity contribution in [3.05, 3.63) is 35.4 Å². The van der Waals surface area contributed by atoms with E-state index in [9.17, 15) is 9.90 Å². The summed E-state index contributed by atoms with van der Waals surface area (Å²) in [6, 6.07) is 9.57. The summed E-state index contributed by atoms with van der Waals surface area (Å²) in [4.78, 5) is 14.5. The van der Waals surface area contributed by atoms with E-state index in [1.807, 2.05) is 37.8 Å². The van der Waals surface area contributed by atoms with Crippen molar-refractivity contribution in [2.75, 3.05) is 0 Å². The van der Waals surface area contributed by atoms with Gasteiger partial charge in [0, 0.05) is 18.5 Å². The largest absolute Gasteiger partial charge is 0.444 e. The highest BCUT2D eigenvalue weighted by atomic mass is 16.6. The molecule has 1 N–H and O–H groups in total. The molecule has 2 bridgehead atoms. The van der Waals surface area contributed by atoms with Crippen molar-refractivity contribution in [2.24, 2.45) is 0 Å². The summed E-state index contributed by atoms with van der Waals surface area (Å²) < 4.78 is 5.60. The van der Waals surface area contributed by atoms with Gasteiger partial charge < -0.3 is 14.7 Å². The van der Waals surface area contributed by atoms with Gasteiger partial charge in [-0.3, -0.25) is 0 Å². The highest BCUT2D eigenvalue weighted by molar-refractivity contribution is 5.69. The predicted molar refractivity (Wildman–Crippen MR) is 98.5 cm³/mol. The molecule has 0 radical (unpaired) electrons. The zero-order valence-corrected chi connectivity index (χ0v) is 15.9. The highest BCUT2D eigenvalue weighted by Crippen LogP contribution is 2.41. The van der Waals surface area contributed by atoms with Crippen LogP contribution in [-0.2, 0) is 11.2 Å². The van der Waals surface area contributed by atoms with Crippen LogP contribution in [0.2, 0.25) is 0 Å². The molecule has 1 amide bonds. The first-order chi connectivity index (χ1) is 12.2. The molecule has 2 aliphatic heterocycles. The number of rotatable bonds is 2. The van der Waals surface area contributed by atoms with Gasteiger partial charge in [0.2, 0.25) is 0 Å². The van der Waals surface area contributed by atoms with E-state index >= 15 is 0 Å². The second-order valence-corrected chi connectivity index (χ2v) is 8.74. The van der Waals surface area contributed by atoms with Crippen LogP contribution >= 0.6 is 0 Å². The van der Waals surface area contributed by atoms with Crippen LogP contribution in [0.1, 0.15) is 64.0 Å². The first kappa shape index (κ1) is 18.7. The van der Waals surface area contributed by atoms with E-state index in [4.69, 9.17) is 10.00 Å². The maximum Gasteiger partial charge on any atom is 0.410 e. The molecule has 0 aliphatic carbocycles. The lowest BCUT2D eigenvalue weighted by Crippen LogP contribution is -2.61. The Morgan fingerprint density at radius 3 is 2.35 bits per heavy atom. The first-order valence-electron chi connectivity index (χ1n) is 9.42. The van der Waals surface area contributed by atoms with Gasteiger partial charge in [0.05, 0.1) is 17.2 Å². The van der Waals surface area contributed by atoms with Gasteiger partial charge in [0.15, 0.2) is 0 Å². The number of amides is 1. The Hall–Kier alpha value is -2.06. The van der Waals surface area contributed by atoms with Crippen molar-refractivity contribution in [2.45, 2.75) is 82.6 Å². The van der Waals surface area contributed by atoms with E-state index in [-0.39, 0.29) is 18.2 Å². The summed E-state index contributed by atoms with van der Waals surface area (Å²) in [7, 11) is 0. The Labute approximate surface area is 155 Å². The number of carbonyl (C=O) groups is 1. The zero-order valence-electron chi connectivity index (χ0n) is 15.9. The molecular formula is C21H28N2O3.